The number of aromatic nitrogens is 1. The second-order valence-electron chi connectivity index (χ2n) is 8.51. The summed E-state index contributed by atoms with van der Waals surface area (Å²) in [6.07, 6.45) is 9.98. The van der Waals surface area contributed by atoms with Crippen molar-refractivity contribution in [3.8, 4) is 11.3 Å². The maximum Gasteiger partial charge on any atom is 0.233 e. The Morgan fingerprint density at radius 3 is 2.52 bits per heavy atom. The fourth-order valence-corrected chi connectivity index (χ4v) is 5.58. The predicted octanol–water partition coefficient (Wildman–Crippen LogP) is 3.97. The van der Waals surface area contributed by atoms with Crippen molar-refractivity contribution >= 4 is 34.2 Å². The fraction of sp³-hybridized carbons (Fsp3) is 0.417. The van der Waals surface area contributed by atoms with Crippen molar-refractivity contribution in [1.29, 1.82) is 0 Å². The van der Waals surface area contributed by atoms with E-state index in [0.717, 1.165) is 24.1 Å². The average Bonchev–Trinajstić information content (AvgIpc) is 3.35. The number of aryl methyl sites for hydroxylation is 2. The highest BCUT2D eigenvalue weighted by molar-refractivity contribution is 7.14. The second kappa shape index (κ2) is 8.38. The van der Waals surface area contributed by atoms with E-state index in [1.54, 1.807) is 0 Å². The molecule has 0 saturated carbocycles. The van der Waals surface area contributed by atoms with E-state index in [1.165, 1.54) is 40.2 Å². The third-order valence-corrected chi connectivity index (χ3v) is 7.31. The van der Waals surface area contributed by atoms with E-state index in [2.05, 4.69) is 28.5 Å². The largest absolute Gasteiger partial charge is 0.302 e. The molecule has 3 aliphatic rings. The number of thiazole rings is 1. The summed E-state index contributed by atoms with van der Waals surface area (Å²) in [5, 5.41) is 5.30. The lowest BCUT2D eigenvalue weighted by molar-refractivity contribution is -0.140. The number of imide groups is 1. The SMILES string of the molecule is O=C(CCN1C(=O)[C@H]2CC=CC[C@H]2C1=O)Nc1nc(-c2ccc3c(c2)CCCC3)cs1. The summed E-state index contributed by atoms with van der Waals surface area (Å²) in [6, 6.07) is 6.51. The summed E-state index contributed by atoms with van der Waals surface area (Å²) >= 11 is 1.39. The predicted molar refractivity (Wildman–Crippen MR) is 120 cm³/mol. The monoisotopic (exact) mass is 435 g/mol. The lowest BCUT2D eigenvalue weighted by atomic mass is 9.85. The fourth-order valence-electron chi connectivity index (χ4n) is 4.84. The molecule has 5 rings (SSSR count). The number of benzene rings is 1. The summed E-state index contributed by atoms with van der Waals surface area (Å²) in [5.41, 5.74) is 4.76. The number of anilines is 1. The van der Waals surface area contributed by atoms with Gasteiger partial charge in [0, 0.05) is 23.9 Å². The minimum absolute atomic E-state index is 0.0815. The number of carbonyl (C=O) groups excluding carboxylic acids is 3. The zero-order chi connectivity index (χ0) is 21.4. The van der Waals surface area contributed by atoms with Gasteiger partial charge in [0.2, 0.25) is 17.7 Å². The normalized spacial score (nSPS) is 22.4. The maximum absolute atomic E-state index is 12.5. The molecule has 1 fully saturated rings. The number of fused-ring (bicyclic) bond motifs is 2. The first-order chi connectivity index (χ1) is 15.1. The molecule has 1 aromatic carbocycles. The molecule has 0 unspecified atom stereocenters. The molecular weight excluding hydrogens is 410 g/mol. The molecule has 6 nitrogen and oxygen atoms in total. The second-order valence-corrected chi connectivity index (χ2v) is 9.37. The number of rotatable bonds is 5. The molecule has 1 saturated heterocycles. The van der Waals surface area contributed by atoms with Crippen molar-refractivity contribution < 1.29 is 14.4 Å². The van der Waals surface area contributed by atoms with E-state index in [1.807, 2.05) is 17.5 Å². The number of hydrogen-bond acceptors (Lipinski definition) is 5. The number of nitrogens with zero attached hydrogens (tertiary/aromatic N) is 2. The molecule has 31 heavy (non-hydrogen) atoms. The highest BCUT2D eigenvalue weighted by Gasteiger charge is 2.46. The number of amides is 3. The smallest absolute Gasteiger partial charge is 0.233 e. The molecular formula is C24H25N3O3S. The molecule has 7 heteroatoms. The molecule has 2 heterocycles. The Kier molecular flexibility index (Phi) is 5.44. The van der Waals surface area contributed by atoms with Crippen LogP contribution in [-0.2, 0) is 27.2 Å². The number of likely N-dealkylation sites (tertiary alicyclic amines) is 1. The van der Waals surface area contributed by atoms with Gasteiger partial charge < -0.3 is 5.32 Å². The van der Waals surface area contributed by atoms with E-state index in [-0.39, 0.29) is 42.5 Å². The minimum atomic E-state index is -0.251. The summed E-state index contributed by atoms with van der Waals surface area (Å²) in [4.78, 5) is 43.3. The lowest BCUT2D eigenvalue weighted by Crippen LogP contribution is -2.34. The van der Waals surface area contributed by atoms with Crippen LogP contribution >= 0.6 is 11.3 Å². The van der Waals surface area contributed by atoms with Crippen LogP contribution in [0.2, 0.25) is 0 Å². The summed E-state index contributed by atoms with van der Waals surface area (Å²) in [7, 11) is 0. The number of nitrogens with one attached hydrogen (secondary N) is 1. The molecule has 0 radical (unpaired) electrons. The van der Waals surface area contributed by atoms with Crippen LogP contribution in [0.4, 0.5) is 5.13 Å². The van der Waals surface area contributed by atoms with E-state index in [0.29, 0.717) is 18.0 Å². The average molecular weight is 436 g/mol. The van der Waals surface area contributed by atoms with Crippen LogP contribution in [0.1, 0.15) is 43.2 Å². The minimum Gasteiger partial charge on any atom is -0.302 e. The molecule has 3 amide bonds. The van der Waals surface area contributed by atoms with Crippen molar-refractivity contribution in [1.82, 2.24) is 9.88 Å². The van der Waals surface area contributed by atoms with Crippen molar-refractivity contribution in [2.45, 2.75) is 44.9 Å². The van der Waals surface area contributed by atoms with E-state index >= 15 is 0 Å². The molecule has 1 N–H and O–H groups in total. The van der Waals surface area contributed by atoms with Crippen LogP contribution in [0, 0.1) is 11.8 Å². The van der Waals surface area contributed by atoms with Crippen LogP contribution in [0.3, 0.4) is 0 Å². The Bertz CT molecular complexity index is 1050. The third kappa shape index (κ3) is 3.94. The van der Waals surface area contributed by atoms with Crippen LogP contribution in [0.15, 0.2) is 35.7 Å². The quantitative estimate of drug-likeness (QED) is 0.569. The molecule has 2 aliphatic carbocycles. The summed E-state index contributed by atoms with van der Waals surface area (Å²) in [5.74, 6) is -1.02. The van der Waals surface area contributed by atoms with Gasteiger partial charge >= 0.3 is 0 Å². The first-order valence-corrected chi connectivity index (χ1v) is 11.9. The first-order valence-electron chi connectivity index (χ1n) is 11.0. The zero-order valence-corrected chi connectivity index (χ0v) is 18.1. The van der Waals surface area contributed by atoms with Gasteiger partial charge in [-0.25, -0.2) is 4.98 Å². The Balaban J connectivity index is 1.19. The topological polar surface area (TPSA) is 79.4 Å². The summed E-state index contributed by atoms with van der Waals surface area (Å²) < 4.78 is 0. The van der Waals surface area contributed by atoms with Gasteiger partial charge in [-0.15, -0.1) is 11.3 Å². The third-order valence-electron chi connectivity index (χ3n) is 6.56. The highest BCUT2D eigenvalue weighted by Crippen LogP contribution is 2.35. The van der Waals surface area contributed by atoms with Gasteiger partial charge in [0.25, 0.3) is 0 Å². The van der Waals surface area contributed by atoms with Gasteiger partial charge in [-0.3, -0.25) is 19.3 Å². The molecule has 2 atom stereocenters. The van der Waals surface area contributed by atoms with Gasteiger partial charge in [-0.2, -0.15) is 0 Å². The van der Waals surface area contributed by atoms with Crippen molar-refractivity contribution in [3.63, 3.8) is 0 Å². The maximum atomic E-state index is 12.5. The van der Waals surface area contributed by atoms with Crippen molar-refractivity contribution in [3.05, 3.63) is 46.9 Å². The Hall–Kier alpha value is -2.80. The molecule has 1 aliphatic heterocycles. The number of carbonyl (C=O) groups is 3. The molecule has 0 bridgehead atoms. The van der Waals surface area contributed by atoms with E-state index < -0.39 is 0 Å². The van der Waals surface area contributed by atoms with Gasteiger partial charge in [0.1, 0.15) is 0 Å². The van der Waals surface area contributed by atoms with Crippen molar-refractivity contribution in [2.24, 2.45) is 11.8 Å². The first kappa shape index (κ1) is 20.1. The summed E-state index contributed by atoms with van der Waals surface area (Å²) in [6.45, 7) is 0.125. The van der Waals surface area contributed by atoms with Gasteiger partial charge in [-0.05, 0) is 55.7 Å². The molecule has 160 valence electrons. The number of hydrogen-bond donors (Lipinski definition) is 1. The molecule has 1 aromatic heterocycles. The van der Waals surface area contributed by atoms with Crippen LogP contribution < -0.4 is 5.32 Å². The van der Waals surface area contributed by atoms with Crippen LogP contribution in [0.5, 0.6) is 0 Å². The Labute approximate surface area is 185 Å². The molecule has 0 spiro atoms. The van der Waals surface area contributed by atoms with Gasteiger partial charge in [0.15, 0.2) is 5.13 Å². The van der Waals surface area contributed by atoms with Crippen LogP contribution in [-0.4, -0.2) is 34.2 Å². The highest BCUT2D eigenvalue weighted by atomic mass is 32.1. The number of allylic oxidation sites excluding steroid dienone is 2. The van der Waals surface area contributed by atoms with E-state index in [9.17, 15) is 14.4 Å². The van der Waals surface area contributed by atoms with Gasteiger partial charge in [0.05, 0.1) is 17.5 Å². The van der Waals surface area contributed by atoms with E-state index in [4.69, 9.17) is 0 Å². The Morgan fingerprint density at radius 2 is 1.77 bits per heavy atom. The lowest BCUT2D eigenvalue weighted by Gasteiger charge is -2.16. The van der Waals surface area contributed by atoms with Crippen molar-refractivity contribution in [2.75, 3.05) is 11.9 Å². The zero-order valence-electron chi connectivity index (χ0n) is 17.3. The van der Waals surface area contributed by atoms with Gasteiger partial charge in [-0.1, -0.05) is 24.3 Å². The van der Waals surface area contributed by atoms with Crippen LogP contribution in [0.25, 0.3) is 11.3 Å². The molecule has 2 aromatic rings. The standard InChI is InChI=1S/C24H25N3O3S/c28-21(11-12-27-22(29)18-7-3-4-8-19(18)23(27)30)26-24-25-20(14-31-24)17-10-9-15-5-1-2-6-16(15)13-17/h3-4,9-10,13-14,18-19H,1-2,5-8,11-12H2,(H,25,26,28)/t18-,19+. The Morgan fingerprint density at radius 1 is 1.06 bits per heavy atom.